The Morgan fingerprint density at radius 3 is 2.08 bits per heavy atom. The van der Waals surface area contributed by atoms with Gasteiger partial charge in [-0.1, -0.05) is 72.3 Å². The van der Waals surface area contributed by atoms with E-state index < -0.39 is 16.8 Å². The van der Waals surface area contributed by atoms with E-state index >= 15 is 0 Å². The number of esters is 1. The molecule has 0 aliphatic rings. The van der Waals surface area contributed by atoms with E-state index in [0.29, 0.717) is 27.7 Å². The van der Waals surface area contributed by atoms with Gasteiger partial charge in [-0.25, -0.2) is 4.79 Å². The Labute approximate surface area is 230 Å². The Hall–Kier alpha value is -3.67. The molecule has 6 heteroatoms. The molecule has 0 radical (unpaired) electrons. The first-order valence-electron chi connectivity index (χ1n) is 12.4. The maximum atomic E-state index is 13.2. The maximum absolute atomic E-state index is 13.2. The molecule has 0 saturated carbocycles. The molecule has 0 amide bonds. The number of ether oxygens (including phenoxy) is 1. The monoisotopic (exact) mass is 541 g/mol. The second-order valence-corrected chi connectivity index (χ2v) is 11.1. The second-order valence-electron chi connectivity index (χ2n) is 9.13. The summed E-state index contributed by atoms with van der Waals surface area (Å²) in [6, 6.07) is 33.7. The lowest BCUT2D eigenvalue weighted by Gasteiger charge is -2.23. The smallest absolute Gasteiger partial charge is 0.337 e. The number of hydrogen-bond acceptors (Lipinski definition) is 3. The highest BCUT2D eigenvalue weighted by atomic mass is 35.5. The summed E-state index contributed by atoms with van der Waals surface area (Å²) in [5, 5.41) is 1.75. The fourth-order valence-electron chi connectivity index (χ4n) is 5.06. The van der Waals surface area contributed by atoms with Crippen LogP contribution in [0, 0.1) is 6.92 Å². The van der Waals surface area contributed by atoms with Gasteiger partial charge in [-0.3, -0.25) is 4.21 Å². The van der Waals surface area contributed by atoms with Gasteiger partial charge in [0.25, 0.3) is 0 Å². The first-order chi connectivity index (χ1) is 18.5. The van der Waals surface area contributed by atoms with Crippen molar-refractivity contribution in [3.8, 4) is 0 Å². The average molecular weight is 542 g/mol. The van der Waals surface area contributed by atoms with E-state index in [9.17, 15) is 9.00 Å². The first kappa shape index (κ1) is 26.0. The fraction of sp³-hybridized carbons (Fsp3) is 0.156. The van der Waals surface area contributed by atoms with Crippen LogP contribution < -0.4 is 0 Å². The van der Waals surface area contributed by atoms with Gasteiger partial charge in [-0.05, 0) is 72.5 Å². The Morgan fingerprint density at radius 1 is 0.895 bits per heavy atom. The van der Waals surface area contributed by atoms with Crippen LogP contribution in [0.15, 0.2) is 108 Å². The largest absolute Gasteiger partial charge is 0.465 e. The van der Waals surface area contributed by atoms with Crippen LogP contribution in [0.5, 0.6) is 0 Å². The first-order valence-corrected chi connectivity index (χ1v) is 14.1. The van der Waals surface area contributed by atoms with Gasteiger partial charge in [-0.2, -0.15) is 0 Å². The fourth-order valence-corrected chi connectivity index (χ4v) is 6.30. The number of fused-ring (bicyclic) bond motifs is 1. The molecule has 0 N–H and O–H groups in total. The van der Waals surface area contributed by atoms with Gasteiger partial charge in [-0.15, -0.1) is 0 Å². The average Bonchev–Trinajstić information content (AvgIpc) is 3.22. The lowest BCUT2D eigenvalue weighted by atomic mass is 9.98. The molecule has 0 saturated heterocycles. The summed E-state index contributed by atoms with van der Waals surface area (Å²) in [6.07, 6.45) is 0.622. The van der Waals surface area contributed by atoms with Crippen molar-refractivity contribution < 1.29 is 13.7 Å². The number of hydrogen-bond donors (Lipinski definition) is 0. The van der Waals surface area contributed by atoms with Crippen LogP contribution in [0.25, 0.3) is 10.9 Å². The van der Waals surface area contributed by atoms with Crippen LogP contribution in [0.4, 0.5) is 0 Å². The second kappa shape index (κ2) is 11.4. The number of halogens is 1. The number of carbonyl (C=O) groups is 1. The highest BCUT2D eigenvalue weighted by Crippen LogP contribution is 2.37. The lowest BCUT2D eigenvalue weighted by molar-refractivity contribution is 0.0600. The predicted molar refractivity (Wildman–Crippen MR) is 155 cm³/mol. The van der Waals surface area contributed by atoms with Crippen molar-refractivity contribution in [3.63, 3.8) is 0 Å². The van der Waals surface area contributed by atoms with Crippen molar-refractivity contribution in [2.45, 2.75) is 24.3 Å². The molecule has 0 aliphatic carbocycles. The predicted octanol–water partition coefficient (Wildman–Crippen LogP) is 7.38. The van der Waals surface area contributed by atoms with Crippen LogP contribution in [-0.2, 0) is 22.0 Å². The van der Waals surface area contributed by atoms with E-state index in [1.54, 1.807) is 24.3 Å². The zero-order valence-corrected chi connectivity index (χ0v) is 22.8. The number of rotatable bonds is 8. The number of aromatic nitrogens is 1. The summed E-state index contributed by atoms with van der Waals surface area (Å²) in [4.78, 5) is 12.4. The van der Waals surface area contributed by atoms with Crippen LogP contribution >= 0.6 is 11.6 Å². The van der Waals surface area contributed by atoms with Crippen molar-refractivity contribution in [3.05, 3.63) is 136 Å². The zero-order chi connectivity index (χ0) is 26.6. The van der Waals surface area contributed by atoms with Gasteiger partial charge >= 0.3 is 5.97 Å². The molecule has 0 aliphatic heterocycles. The number of benzene rings is 4. The van der Waals surface area contributed by atoms with Crippen molar-refractivity contribution >= 4 is 39.3 Å². The van der Waals surface area contributed by atoms with E-state index in [0.717, 1.165) is 22.2 Å². The quantitative estimate of drug-likeness (QED) is 0.193. The minimum absolute atomic E-state index is 0.0220. The number of carbonyl (C=O) groups excluding carboxylic acids is 1. The minimum atomic E-state index is -1.23. The molecule has 0 fully saturated rings. The van der Waals surface area contributed by atoms with E-state index in [4.69, 9.17) is 16.3 Å². The van der Waals surface area contributed by atoms with Gasteiger partial charge in [0, 0.05) is 32.3 Å². The topological polar surface area (TPSA) is 48.3 Å². The molecule has 5 rings (SSSR count). The van der Waals surface area contributed by atoms with Crippen LogP contribution in [0.3, 0.4) is 0 Å². The summed E-state index contributed by atoms with van der Waals surface area (Å²) in [5.41, 5.74) is 6.17. The molecule has 1 unspecified atom stereocenters. The normalized spacial score (nSPS) is 12.1. The number of nitrogens with zero attached hydrogens (tertiary/aromatic N) is 1. The van der Waals surface area contributed by atoms with E-state index in [2.05, 4.69) is 66.1 Å². The molecule has 0 bridgehead atoms. The molecule has 4 aromatic carbocycles. The van der Waals surface area contributed by atoms with Gasteiger partial charge in [0.05, 0.1) is 29.5 Å². The zero-order valence-electron chi connectivity index (χ0n) is 21.3. The molecule has 5 aromatic rings. The highest BCUT2D eigenvalue weighted by molar-refractivity contribution is 7.85. The molecule has 1 aromatic heterocycles. The molecule has 1 atom stereocenters. The molecule has 1 heterocycles. The number of methoxy groups -OCH3 is 1. The van der Waals surface area contributed by atoms with Crippen molar-refractivity contribution in [2.24, 2.45) is 0 Å². The minimum Gasteiger partial charge on any atom is -0.465 e. The summed E-state index contributed by atoms with van der Waals surface area (Å²) in [6.45, 7) is 2.14. The van der Waals surface area contributed by atoms with E-state index in [1.165, 1.54) is 18.2 Å². The Balaban J connectivity index is 1.54. The van der Waals surface area contributed by atoms with Crippen LogP contribution in [0.1, 0.15) is 38.8 Å². The Morgan fingerprint density at radius 2 is 1.50 bits per heavy atom. The van der Waals surface area contributed by atoms with Crippen molar-refractivity contribution in [2.75, 3.05) is 12.9 Å². The van der Waals surface area contributed by atoms with Gasteiger partial charge in [0.1, 0.15) is 0 Å². The third-order valence-corrected chi connectivity index (χ3v) is 8.51. The van der Waals surface area contributed by atoms with Gasteiger partial charge < -0.3 is 9.30 Å². The SMILES string of the molecule is COC(=O)c1ccc(S(=O)CCc2c(C)n(C(c3ccccc3)c3ccccc3)c3ccc(Cl)cc23)cc1. The summed E-state index contributed by atoms with van der Waals surface area (Å²) >= 11 is 6.47. The highest BCUT2D eigenvalue weighted by Gasteiger charge is 2.24. The third kappa shape index (κ3) is 5.17. The summed E-state index contributed by atoms with van der Waals surface area (Å²) < 4.78 is 20.4. The molecule has 4 nitrogen and oxygen atoms in total. The van der Waals surface area contributed by atoms with Gasteiger partial charge in [0.2, 0.25) is 0 Å². The molecule has 192 valence electrons. The molecular formula is C32H28ClNO3S. The van der Waals surface area contributed by atoms with Crippen molar-refractivity contribution in [1.82, 2.24) is 4.57 Å². The van der Waals surface area contributed by atoms with E-state index in [1.807, 2.05) is 24.3 Å². The standard InChI is InChI=1S/C32H28ClNO3S/c1-22-28(19-20-38(36)27-16-13-25(14-17-27)32(35)37-2)29-21-26(33)15-18-30(29)34(22)31(23-9-5-3-6-10-23)24-11-7-4-8-12-24/h3-18,21,31H,19-20H2,1-2H3. The molecule has 38 heavy (non-hydrogen) atoms. The molecular weight excluding hydrogens is 514 g/mol. The van der Waals surface area contributed by atoms with Gasteiger partial charge in [0.15, 0.2) is 0 Å². The lowest BCUT2D eigenvalue weighted by Crippen LogP contribution is -2.14. The number of aryl methyl sites for hydroxylation is 1. The Kier molecular flexibility index (Phi) is 7.77. The summed E-state index contributed by atoms with van der Waals surface area (Å²) in [7, 11) is 0.115. The Bertz CT molecular complexity index is 1560. The summed E-state index contributed by atoms with van der Waals surface area (Å²) in [5.74, 6) is 0.0415. The maximum Gasteiger partial charge on any atom is 0.337 e. The van der Waals surface area contributed by atoms with Crippen LogP contribution in [0.2, 0.25) is 5.02 Å². The third-order valence-electron chi connectivity index (χ3n) is 6.91. The van der Waals surface area contributed by atoms with Crippen molar-refractivity contribution in [1.29, 1.82) is 0 Å². The van der Waals surface area contributed by atoms with Crippen LogP contribution in [-0.4, -0.2) is 27.6 Å². The molecule has 0 spiro atoms. The van der Waals surface area contributed by atoms with E-state index in [-0.39, 0.29) is 6.04 Å².